The van der Waals surface area contributed by atoms with Gasteiger partial charge in [-0.25, -0.2) is 4.79 Å². The molecule has 3 nitrogen and oxygen atoms in total. The predicted molar refractivity (Wildman–Crippen MR) is 69.6 cm³/mol. The highest BCUT2D eigenvalue weighted by Gasteiger charge is 2.31. The molecule has 2 N–H and O–H groups in total. The predicted octanol–water partition coefficient (Wildman–Crippen LogP) is 3.62. The molecule has 0 fully saturated rings. The summed E-state index contributed by atoms with van der Waals surface area (Å²) in [6.07, 6.45) is 1.59. The molecule has 1 aromatic rings. The van der Waals surface area contributed by atoms with Crippen LogP contribution in [0.1, 0.15) is 35.7 Å². The number of hydrogen-bond acceptors (Lipinski definition) is 2. The summed E-state index contributed by atoms with van der Waals surface area (Å²) in [6.45, 7) is 1.85. The van der Waals surface area contributed by atoms with Crippen LogP contribution in [0.4, 0.5) is 18.9 Å². The first-order valence-corrected chi connectivity index (χ1v) is 5.94. The van der Waals surface area contributed by atoms with Crippen molar-refractivity contribution in [2.75, 3.05) is 5.32 Å². The lowest BCUT2D eigenvalue weighted by Crippen LogP contribution is -2.20. The average molecular weight is 285 g/mol. The van der Waals surface area contributed by atoms with Crippen molar-refractivity contribution in [2.24, 2.45) is 0 Å². The Morgan fingerprint density at radius 2 is 2.15 bits per heavy atom. The van der Waals surface area contributed by atoms with Gasteiger partial charge in [0.15, 0.2) is 0 Å². The largest absolute Gasteiger partial charge is 0.478 e. The fraction of sp³-hybridized carbons (Fsp3) is 0.357. The normalized spacial score (nSPS) is 12.6. The van der Waals surface area contributed by atoms with Crippen molar-refractivity contribution in [1.82, 2.24) is 0 Å². The summed E-state index contributed by atoms with van der Waals surface area (Å²) in [7, 11) is 0. The Morgan fingerprint density at radius 3 is 2.60 bits per heavy atom. The van der Waals surface area contributed by atoms with Gasteiger partial charge < -0.3 is 10.4 Å². The van der Waals surface area contributed by atoms with Gasteiger partial charge in [-0.1, -0.05) is 6.92 Å². The summed E-state index contributed by atoms with van der Waals surface area (Å²) in [5.74, 6) is 1.01. The minimum atomic E-state index is -4.58. The van der Waals surface area contributed by atoms with Gasteiger partial charge in [0, 0.05) is 18.2 Å². The molecule has 1 rings (SSSR count). The number of carbonyl (C=O) groups is 1. The van der Waals surface area contributed by atoms with Crippen LogP contribution in [0.15, 0.2) is 18.2 Å². The van der Waals surface area contributed by atoms with Crippen molar-refractivity contribution in [3.8, 4) is 12.3 Å². The van der Waals surface area contributed by atoms with Gasteiger partial charge >= 0.3 is 12.1 Å². The Morgan fingerprint density at radius 1 is 1.50 bits per heavy atom. The topological polar surface area (TPSA) is 49.3 Å². The van der Waals surface area contributed by atoms with E-state index in [1.54, 1.807) is 0 Å². The van der Waals surface area contributed by atoms with Crippen molar-refractivity contribution in [2.45, 2.75) is 32.0 Å². The van der Waals surface area contributed by atoms with E-state index in [-0.39, 0.29) is 11.7 Å². The van der Waals surface area contributed by atoms with E-state index in [0.29, 0.717) is 18.9 Å². The molecular weight excluding hydrogens is 271 g/mol. The molecule has 1 atom stereocenters. The summed E-state index contributed by atoms with van der Waals surface area (Å²) < 4.78 is 37.7. The number of aromatic carboxylic acids is 1. The Hall–Kier alpha value is -2.16. The minimum absolute atomic E-state index is 0.132. The van der Waals surface area contributed by atoms with E-state index in [9.17, 15) is 18.0 Å². The van der Waals surface area contributed by atoms with Crippen LogP contribution in [-0.2, 0) is 6.18 Å². The number of halogens is 3. The van der Waals surface area contributed by atoms with Crippen molar-refractivity contribution in [1.29, 1.82) is 0 Å². The SMILES string of the molecule is C#CCC(CC)Nc1ccc(C(F)(F)F)cc1C(=O)O. The molecule has 0 saturated heterocycles. The second-order valence-corrected chi connectivity index (χ2v) is 4.22. The molecule has 108 valence electrons. The van der Waals surface area contributed by atoms with Crippen LogP contribution in [0.3, 0.4) is 0 Å². The lowest BCUT2D eigenvalue weighted by atomic mass is 10.1. The van der Waals surface area contributed by atoms with E-state index in [1.165, 1.54) is 0 Å². The van der Waals surface area contributed by atoms with Crippen molar-refractivity contribution in [3.63, 3.8) is 0 Å². The molecule has 0 bridgehead atoms. The van der Waals surface area contributed by atoms with Gasteiger partial charge in [-0.2, -0.15) is 13.2 Å². The zero-order chi connectivity index (χ0) is 15.3. The maximum atomic E-state index is 12.6. The van der Waals surface area contributed by atoms with Crippen LogP contribution in [0.25, 0.3) is 0 Å². The van der Waals surface area contributed by atoms with Gasteiger partial charge in [0.05, 0.1) is 11.1 Å². The van der Waals surface area contributed by atoms with E-state index >= 15 is 0 Å². The third kappa shape index (κ3) is 3.92. The number of anilines is 1. The lowest BCUT2D eigenvalue weighted by Gasteiger charge is -2.18. The maximum Gasteiger partial charge on any atom is 0.416 e. The Bertz CT molecular complexity index is 532. The van der Waals surface area contributed by atoms with Gasteiger partial charge in [0.25, 0.3) is 0 Å². The summed E-state index contributed by atoms with van der Waals surface area (Å²) in [4.78, 5) is 11.1. The van der Waals surface area contributed by atoms with Crippen LogP contribution < -0.4 is 5.32 Å². The second kappa shape index (κ2) is 6.33. The zero-order valence-corrected chi connectivity index (χ0v) is 10.8. The molecule has 0 aliphatic carbocycles. The molecule has 0 radical (unpaired) electrons. The van der Waals surface area contributed by atoms with E-state index in [0.717, 1.165) is 12.1 Å². The number of rotatable bonds is 5. The van der Waals surface area contributed by atoms with E-state index in [1.807, 2.05) is 6.92 Å². The molecule has 1 unspecified atom stereocenters. The molecule has 0 aromatic heterocycles. The summed E-state index contributed by atoms with van der Waals surface area (Å²) in [5.41, 5.74) is -1.28. The van der Waals surface area contributed by atoms with Gasteiger partial charge in [0.2, 0.25) is 0 Å². The summed E-state index contributed by atoms with van der Waals surface area (Å²) >= 11 is 0. The highest BCUT2D eigenvalue weighted by molar-refractivity contribution is 5.94. The molecule has 0 amide bonds. The summed E-state index contributed by atoms with van der Waals surface area (Å²) in [5, 5.41) is 11.9. The molecule has 20 heavy (non-hydrogen) atoms. The molecule has 6 heteroatoms. The van der Waals surface area contributed by atoms with Crippen molar-refractivity contribution >= 4 is 11.7 Å². The van der Waals surface area contributed by atoms with Gasteiger partial charge in [-0.05, 0) is 24.6 Å². The van der Waals surface area contributed by atoms with Crippen LogP contribution in [0, 0.1) is 12.3 Å². The van der Waals surface area contributed by atoms with E-state index in [4.69, 9.17) is 11.5 Å². The molecule has 0 aliphatic rings. The van der Waals surface area contributed by atoms with Crippen molar-refractivity contribution in [3.05, 3.63) is 29.3 Å². The molecule has 0 heterocycles. The molecule has 0 aliphatic heterocycles. The maximum absolute atomic E-state index is 12.6. The number of hydrogen-bond donors (Lipinski definition) is 2. The smallest absolute Gasteiger partial charge is 0.416 e. The van der Waals surface area contributed by atoms with Crippen LogP contribution in [-0.4, -0.2) is 17.1 Å². The van der Waals surface area contributed by atoms with Gasteiger partial charge in [-0.3, -0.25) is 0 Å². The van der Waals surface area contributed by atoms with Crippen LogP contribution in [0.2, 0.25) is 0 Å². The van der Waals surface area contributed by atoms with E-state index in [2.05, 4.69) is 11.2 Å². The number of nitrogens with one attached hydrogen (secondary N) is 1. The first kappa shape index (κ1) is 15.9. The minimum Gasteiger partial charge on any atom is -0.478 e. The first-order chi connectivity index (χ1) is 9.29. The molecular formula is C14H14F3NO2. The molecule has 1 aromatic carbocycles. The number of carboxylic acid groups (broad SMARTS) is 1. The quantitative estimate of drug-likeness (QED) is 0.812. The Kier molecular flexibility index (Phi) is 5.03. The van der Waals surface area contributed by atoms with Crippen molar-refractivity contribution < 1.29 is 23.1 Å². The monoisotopic (exact) mass is 285 g/mol. The third-order valence-electron chi connectivity index (χ3n) is 2.79. The van der Waals surface area contributed by atoms with E-state index < -0.39 is 23.3 Å². The number of benzene rings is 1. The highest BCUT2D eigenvalue weighted by atomic mass is 19.4. The third-order valence-corrected chi connectivity index (χ3v) is 2.79. The molecule has 0 spiro atoms. The highest BCUT2D eigenvalue weighted by Crippen LogP contribution is 2.32. The lowest BCUT2D eigenvalue weighted by molar-refractivity contribution is -0.137. The Labute approximate surface area is 114 Å². The van der Waals surface area contributed by atoms with Gasteiger partial charge in [0.1, 0.15) is 0 Å². The van der Waals surface area contributed by atoms with Crippen LogP contribution >= 0.6 is 0 Å². The summed E-state index contributed by atoms with van der Waals surface area (Å²) in [6, 6.07) is 2.39. The standard InChI is InChI=1S/C14H14F3NO2/c1-3-5-10(4-2)18-12-7-6-9(14(15,16)17)8-11(12)13(19)20/h1,6-8,10,18H,4-5H2,2H3,(H,19,20). The number of carboxylic acids is 1. The first-order valence-electron chi connectivity index (χ1n) is 5.94. The fourth-order valence-corrected chi connectivity index (χ4v) is 1.68. The number of alkyl halides is 3. The van der Waals surface area contributed by atoms with Gasteiger partial charge in [-0.15, -0.1) is 12.3 Å². The second-order valence-electron chi connectivity index (χ2n) is 4.22. The number of terminal acetylenes is 1. The molecule has 0 saturated carbocycles. The van der Waals surface area contributed by atoms with Crippen LogP contribution in [0.5, 0.6) is 0 Å². The fourth-order valence-electron chi connectivity index (χ4n) is 1.68. The Balaban J connectivity index is 3.14. The average Bonchev–Trinajstić information content (AvgIpc) is 2.36. The zero-order valence-electron chi connectivity index (χ0n) is 10.8.